The number of carbonyl (C=O) groups is 2. The van der Waals surface area contributed by atoms with Crippen LogP contribution in [0.1, 0.15) is 54.9 Å². The van der Waals surface area contributed by atoms with Gasteiger partial charge in [-0.25, -0.2) is 8.42 Å². The number of carbonyl (C=O) groups excluding carboxylic acids is 2. The number of rotatable bonds is 10. The summed E-state index contributed by atoms with van der Waals surface area (Å²) < 4.78 is 29.3. The molecule has 2 amide bonds. The van der Waals surface area contributed by atoms with Crippen LogP contribution in [0.15, 0.2) is 77.7 Å². The van der Waals surface area contributed by atoms with Crippen LogP contribution in [0.4, 0.5) is 5.69 Å². The van der Waals surface area contributed by atoms with Crippen molar-refractivity contribution in [2.45, 2.75) is 76.9 Å². The van der Waals surface area contributed by atoms with Gasteiger partial charge in [0.15, 0.2) is 0 Å². The van der Waals surface area contributed by atoms with Gasteiger partial charge in [0.1, 0.15) is 12.6 Å². The van der Waals surface area contributed by atoms with Gasteiger partial charge in [0.05, 0.1) is 10.6 Å². The first-order valence-corrected chi connectivity index (χ1v) is 15.3. The van der Waals surface area contributed by atoms with Crippen molar-refractivity contribution in [3.8, 4) is 0 Å². The van der Waals surface area contributed by atoms with E-state index in [-0.39, 0.29) is 23.4 Å². The molecule has 3 aromatic rings. The highest BCUT2D eigenvalue weighted by molar-refractivity contribution is 7.92. The van der Waals surface area contributed by atoms with E-state index in [1.165, 1.54) is 9.21 Å². The fraction of sp³-hybridized carbons (Fsp3) is 0.375. The van der Waals surface area contributed by atoms with Gasteiger partial charge in [-0.15, -0.1) is 0 Å². The Labute approximate surface area is 238 Å². The second-order valence-corrected chi connectivity index (χ2v) is 12.7. The summed E-state index contributed by atoms with van der Waals surface area (Å²) in [4.78, 5) is 29.0. The molecule has 3 aromatic carbocycles. The highest BCUT2D eigenvalue weighted by Crippen LogP contribution is 2.29. The third-order valence-corrected chi connectivity index (χ3v) is 9.36. The summed E-state index contributed by atoms with van der Waals surface area (Å²) in [5.74, 6) is -0.676. The van der Waals surface area contributed by atoms with E-state index in [0.29, 0.717) is 5.69 Å². The van der Waals surface area contributed by atoms with E-state index in [1.807, 2.05) is 63.2 Å². The standard InChI is InChI=1S/C32H39N3O4S/c1-23-15-18-29(19-16-23)40(38,39)35(30-20-24(2)14-17-25(30)3)22-31(36)34(21-27-10-6-5-7-11-27)26(4)32(37)33-28-12-8-9-13-28/h5-7,10-11,14-20,26,28H,8-9,12-13,21-22H2,1-4H3,(H,33,37). The van der Waals surface area contributed by atoms with E-state index in [0.717, 1.165) is 47.9 Å². The van der Waals surface area contributed by atoms with Crippen molar-refractivity contribution in [3.63, 3.8) is 0 Å². The summed E-state index contributed by atoms with van der Waals surface area (Å²) >= 11 is 0. The van der Waals surface area contributed by atoms with Crippen molar-refractivity contribution in [2.24, 2.45) is 0 Å². The van der Waals surface area contributed by atoms with Crippen LogP contribution < -0.4 is 9.62 Å². The molecule has 0 saturated heterocycles. The fourth-order valence-electron chi connectivity index (χ4n) is 5.09. The van der Waals surface area contributed by atoms with Crippen LogP contribution in [-0.4, -0.2) is 43.8 Å². The number of benzene rings is 3. The molecule has 1 N–H and O–H groups in total. The molecule has 0 aliphatic heterocycles. The Balaban J connectivity index is 1.70. The van der Waals surface area contributed by atoms with Crippen LogP contribution in [0, 0.1) is 20.8 Å². The molecule has 0 radical (unpaired) electrons. The Morgan fingerprint density at radius 3 is 2.17 bits per heavy atom. The molecule has 1 fully saturated rings. The number of aryl methyl sites for hydroxylation is 3. The first kappa shape index (κ1) is 29.3. The zero-order valence-electron chi connectivity index (χ0n) is 23.8. The van der Waals surface area contributed by atoms with Gasteiger partial charge in [0.25, 0.3) is 10.0 Å². The molecule has 8 heteroatoms. The summed E-state index contributed by atoms with van der Waals surface area (Å²) in [5, 5.41) is 3.10. The van der Waals surface area contributed by atoms with E-state index in [9.17, 15) is 18.0 Å². The first-order valence-electron chi connectivity index (χ1n) is 13.9. The van der Waals surface area contributed by atoms with Gasteiger partial charge >= 0.3 is 0 Å². The lowest BCUT2D eigenvalue weighted by atomic mass is 10.1. The van der Waals surface area contributed by atoms with E-state index in [4.69, 9.17) is 0 Å². The number of sulfonamides is 1. The van der Waals surface area contributed by atoms with Crippen LogP contribution in [0.2, 0.25) is 0 Å². The van der Waals surface area contributed by atoms with Gasteiger partial charge in [-0.1, -0.05) is 73.0 Å². The number of hydrogen-bond acceptors (Lipinski definition) is 4. The number of anilines is 1. The van der Waals surface area contributed by atoms with E-state index in [2.05, 4.69) is 5.32 Å². The molecule has 0 heterocycles. The van der Waals surface area contributed by atoms with E-state index >= 15 is 0 Å². The normalized spacial score (nSPS) is 14.5. The maximum absolute atomic E-state index is 14.1. The SMILES string of the molecule is Cc1ccc(S(=O)(=O)N(CC(=O)N(Cc2ccccc2)C(C)C(=O)NC2CCCC2)c2cc(C)ccc2C)cc1. The van der Waals surface area contributed by atoms with Gasteiger partial charge < -0.3 is 10.2 Å². The van der Waals surface area contributed by atoms with Gasteiger partial charge in [-0.3, -0.25) is 13.9 Å². The van der Waals surface area contributed by atoms with Gasteiger partial charge in [0, 0.05) is 12.6 Å². The molecule has 0 aromatic heterocycles. The summed E-state index contributed by atoms with van der Waals surface area (Å²) in [5.41, 5.74) is 3.84. The van der Waals surface area contributed by atoms with Crippen molar-refractivity contribution in [3.05, 3.63) is 95.1 Å². The quantitative estimate of drug-likeness (QED) is 0.365. The molecule has 1 aliphatic carbocycles. The molecule has 1 unspecified atom stereocenters. The molecule has 7 nitrogen and oxygen atoms in total. The molecule has 40 heavy (non-hydrogen) atoms. The Hall–Kier alpha value is -3.65. The fourth-order valence-corrected chi connectivity index (χ4v) is 6.56. The van der Waals surface area contributed by atoms with Crippen LogP contribution in [-0.2, 0) is 26.2 Å². The second kappa shape index (κ2) is 12.7. The lowest BCUT2D eigenvalue weighted by Crippen LogP contribution is -2.52. The zero-order chi connectivity index (χ0) is 28.9. The maximum Gasteiger partial charge on any atom is 0.264 e. The summed E-state index contributed by atoms with van der Waals surface area (Å²) in [6, 6.07) is 20.9. The van der Waals surface area contributed by atoms with Gasteiger partial charge in [0.2, 0.25) is 11.8 Å². The van der Waals surface area contributed by atoms with Gasteiger partial charge in [-0.05, 0) is 75.4 Å². The predicted molar refractivity (Wildman–Crippen MR) is 158 cm³/mol. The lowest BCUT2D eigenvalue weighted by molar-refractivity contribution is -0.139. The summed E-state index contributed by atoms with van der Waals surface area (Å²) in [7, 11) is -4.09. The van der Waals surface area contributed by atoms with Crippen LogP contribution in [0.3, 0.4) is 0 Å². The number of amides is 2. The van der Waals surface area contributed by atoms with Crippen LogP contribution >= 0.6 is 0 Å². The average Bonchev–Trinajstić information content (AvgIpc) is 3.45. The first-order chi connectivity index (χ1) is 19.1. The van der Waals surface area contributed by atoms with Crippen molar-refractivity contribution in [2.75, 3.05) is 10.8 Å². The molecule has 212 valence electrons. The minimum absolute atomic E-state index is 0.105. The predicted octanol–water partition coefficient (Wildman–Crippen LogP) is 5.28. The monoisotopic (exact) mass is 561 g/mol. The topological polar surface area (TPSA) is 86.8 Å². The zero-order valence-corrected chi connectivity index (χ0v) is 24.6. The highest BCUT2D eigenvalue weighted by Gasteiger charge is 2.34. The Bertz CT molecular complexity index is 1430. The summed E-state index contributed by atoms with van der Waals surface area (Å²) in [6.45, 7) is 7.07. The van der Waals surface area contributed by atoms with Crippen LogP contribution in [0.25, 0.3) is 0 Å². The van der Waals surface area contributed by atoms with E-state index in [1.54, 1.807) is 37.3 Å². The number of hydrogen-bond donors (Lipinski definition) is 1. The lowest BCUT2D eigenvalue weighted by Gasteiger charge is -2.33. The second-order valence-electron chi connectivity index (χ2n) is 10.8. The molecule has 1 aliphatic rings. The van der Waals surface area contributed by atoms with Crippen LogP contribution in [0.5, 0.6) is 0 Å². The van der Waals surface area contributed by atoms with Crippen molar-refractivity contribution >= 4 is 27.5 Å². The van der Waals surface area contributed by atoms with E-state index < -0.39 is 28.5 Å². The Morgan fingerprint density at radius 1 is 0.900 bits per heavy atom. The smallest absolute Gasteiger partial charge is 0.264 e. The number of nitrogens with one attached hydrogen (secondary N) is 1. The third kappa shape index (κ3) is 6.91. The van der Waals surface area contributed by atoms with Crippen molar-refractivity contribution in [1.82, 2.24) is 10.2 Å². The summed E-state index contributed by atoms with van der Waals surface area (Å²) in [6.07, 6.45) is 4.02. The number of nitrogens with zero attached hydrogens (tertiary/aromatic N) is 2. The Kier molecular flexibility index (Phi) is 9.30. The average molecular weight is 562 g/mol. The third-order valence-electron chi connectivity index (χ3n) is 7.59. The van der Waals surface area contributed by atoms with Crippen molar-refractivity contribution in [1.29, 1.82) is 0 Å². The molecular weight excluding hydrogens is 522 g/mol. The maximum atomic E-state index is 14.1. The van der Waals surface area contributed by atoms with Crippen molar-refractivity contribution < 1.29 is 18.0 Å². The minimum atomic E-state index is -4.09. The molecular formula is C32H39N3O4S. The highest BCUT2D eigenvalue weighted by atomic mass is 32.2. The molecule has 0 spiro atoms. The molecule has 1 saturated carbocycles. The van der Waals surface area contributed by atoms with Gasteiger partial charge in [-0.2, -0.15) is 0 Å². The minimum Gasteiger partial charge on any atom is -0.352 e. The molecule has 1 atom stereocenters. The largest absolute Gasteiger partial charge is 0.352 e. The molecule has 0 bridgehead atoms. The Morgan fingerprint density at radius 2 is 1.52 bits per heavy atom. The molecule has 4 rings (SSSR count).